The Morgan fingerprint density at radius 2 is 0.962 bits per heavy atom. The highest BCUT2D eigenvalue weighted by molar-refractivity contribution is 5.43. The Labute approximate surface area is 163 Å². The van der Waals surface area contributed by atoms with Gasteiger partial charge in [0.1, 0.15) is 0 Å². The number of benzene rings is 1. The quantitative estimate of drug-likeness (QED) is 0.166. The molecule has 1 rings (SSSR count). The highest BCUT2D eigenvalue weighted by atomic mass is 15.4. The van der Waals surface area contributed by atoms with E-state index in [9.17, 15) is 0 Å². The van der Waals surface area contributed by atoms with E-state index >= 15 is 0 Å². The molecule has 0 heterocycles. The van der Waals surface area contributed by atoms with Crippen molar-refractivity contribution in [2.24, 2.45) is 5.84 Å². The first-order chi connectivity index (χ1) is 12.8. The minimum atomic E-state index is 0.961. The van der Waals surface area contributed by atoms with E-state index in [2.05, 4.69) is 19.1 Å². The number of hydrazine groups is 1. The molecule has 0 amide bonds. The van der Waals surface area contributed by atoms with Crippen molar-refractivity contribution < 1.29 is 0 Å². The monoisotopic (exact) mass is 360 g/mol. The summed E-state index contributed by atoms with van der Waals surface area (Å²) < 4.78 is 0. The van der Waals surface area contributed by atoms with E-state index in [1.807, 2.05) is 23.2 Å². The number of nitrogens with zero attached hydrogens (tertiary/aromatic N) is 1. The summed E-state index contributed by atoms with van der Waals surface area (Å²) in [5.74, 6) is 6.09. The van der Waals surface area contributed by atoms with Crippen molar-refractivity contribution in [3.63, 3.8) is 0 Å². The second-order valence-corrected chi connectivity index (χ2v) is 7.83. The molecule has 0 radical (unpaired) electrons. The third-order valence-corrected chi connectivity index (χ3v) is 5.34. The van der Waals surface area contributed by atoms with E-state index in [0.29, 0.717) is 0 Å². The molecule has 26 heavy (non-hydrogen) atoms. The standard InChI is InChI=1S/C24H44N2/c1-2-3-4-5-6-7-8-9-10-11-12-13-14-15-16-20-23-26(25)24-21-18-17-19-22-24/h17-19,21-22H,2-16,20,23,25H2,1H3. The number of unbranched alkanes of at least 4 members (excludes halogenated alkanes) is 15. The van der Waals surface area contributed by atoms with Crippen molar-refractivity contribution in [3.05, 3.63) is 30.3 Å². The van der Waals surface area contributed by atoms with Gasteiger partial charge in [0.15, 0.2) is 0 Å². The molecule has 2 N–H and O–H groups in total. The minimum Gasteiger partial charge on any atom is -0.311 e. The van der Waals surface area contributed by atoms with Gasteiger partial charge in [-0.2, -0.15) is 0 Å². The predicted octanol–water partition coefficient (Wildman–Crippen LogP) is 7.63. The third kappa shape index (κ3) is 13.2. The Bertz CT molecular complexity index is 390. The summed E-state index contributed by atoms with van der Waals surface area (Å²) in [5, 5.41) is 1.88. The molecule has 0 aliphatic carbocycles. The average molecular weight is 361 g/mol. The van der Waals surface area contributed by atoms with Gasteiger partial charge >= 0.3 is 0 Å². The SMILES string of the molecule is CCCCCCCCCCCCCCCCCCN(N)c1ccccc1. The molecule has 0 spiro atoms. The van der Waals surface area contributed by atoms with Crippen LogP contribution in [0, 0.1) is 0 Å². The largest absolute Gasteiger partial charge is 0.311 e. The number of anilines is 1. The zero-order valence-corrected chi connectivity index (χ0v) is 17.4. The maximum atomic E-state index is 6.09. The van der Waals surface area contributed by atoms with Gasteiger partial charge in [-0.05, 0) is 18.6 Å². The average Bonchev–Trinajstić information content (AvgIpc) is 2.68. The molecule has 0 saturated carbocycles. The molecule has 2 nitrogen and oxygen atoms in total. The van der Waals surface area contributed by atoms with Gasteiger partial charge in [-0.3, -0.25) is 0 Å². The van der Waals surface area contributed by atoms with Crippen LogP contribution in [0.3, 0.4) is 0 Å². The number of nitrogens with two attached hydrogens (primary N) is 1. The van der Waals surface area contributed by atoms with Gasteiger partial charge in [-0.15, -0.1) is 0 Å². The molecule has 0 aliphatic heterocycles. The normalized spacial score (nSPS) is 11.0. The van der Waals surface area contributed by atoms with Crippen LogP contribution in [0.15, 0.2) is 30.3 Å². The molecule has 0 atom stereocenters. The molecule has 0 aromatic heterocycles. The van der Waals surface area contributed by atoms with Gasteiger partial charge in [-0.1, -0.05) is 121 Å². The summed E-state index contributed by atoms with van der Waals surface area (Å²) >= 11 is 0. The summed E-state index contributed by atoms with van der Waals surface area (Å²) in [7, 11) is 0. The van der Waals surface area contributed by atoms with Gasteiger partial charge in [0.25, 0.3) is 0 Å². The molecule has 2 heteroatoms. The molecule has 0 unspecified atom stereocenters. The van der Waals surface area contributed by atoms with Crippen molar-refractivity contribution in [2.45, 2.75) is 110 Å². The number of rotatable bonds is 18. The van der Waals surface area contributed by atoms with Gasteiger partial charge < -0.3 is 5.01 Å². The Kier molecular flexibility index (Phi) is 15.4. The van der Waals surface area contributed by atoms with Crippen molar-refractivity contribution in [1.82, 2.24) is 0 Å². The van der Waals surface area contributed by atoms with Crippen LogP contribution in [0.2, 0.25) is 0 Å². The van der Waals surface area contributed by atoms with Gasteiger partial charge in [0.05, 0.1) is 5.69 Å². The van der Waals surface area contributed by atoms with Gasteiger partial charge in [0.2, 0.25) is 0 Å². The molecular weight excluding hydrogens is 316 g/mol. The highest BCUT2D eigenvalue weighted by Crippen LogP contribution is 2.14. The second kappa shape index (κ2) is 17.4. The van der Waals surface area contributed by atoms with Crippen molar-refractivity contribution in [3.8, 4) is 0 Å². The van der Waals surface area contributed by atoms with Crippen LogP contribution in [-0.2, 0) is 0 Å². The topological polar surface area (TPSA) is 29.3 Å². The van der Waals surface area contributed by atoms with Crippen LogP contribution in [-0.4, -0.2) is 6.54 Å². The molecule has 0 aliphatic rings. The maximum absolute atomic E-state index is 6.09. The maximum Gasteiger partial charge on any atom is 0.0517 e. The van der Waals surface area contributed by atoms with E-state index in [4.69, 9.17) is 5.84 Å². The Morgan fingerprint density at radius 3 is 1.38 bits per heavy atom. The van der Waals surface area contributed by atoms with Gasteiger partial charge in [0, 0.05) is 6.54 Å². The summed E-state index contributed by atoms with van der Waals surface area (Å²) in [6.45, 7) is 3.25. The smallest absolute Gasteiger partial charge is 0.0517 e. The minimum absolute atomic E-state index is 0.961. The van der Waals surface area contributed by atoms with Crippen molar-refractivity contribution in [2.75, 3.05) is 11.6 Å². The number of hydrogen-bond donors (Lipinski definition) is 1. The third-order valence-electron chi connectivity index (χ3n) is 5.34. The van der Waals surface area contributed by atoms with Crippen LogP contribution in [0.25, 0.3) is 0 Å². The van der Waals surface area contributed by atoms with Crippen molar-refractivity contribution >= 4 is 5.69 Å². The molecular formula is C24H44N2. The van der Waals surface area contributed by atoms with E-state index in [-0.39, 0.29) is 0 Å². The molecule has 150 valence electrons. The first kappa shape index (κ1) is 23.0. The lowest BCUT2D eigenvalue weighted by Crippen LogP contribution is -2.31. The highest BCUT2D eigenvalue weighted by Gasteiger charge is 2.00. The van der Waals surface area contributed by atoms with Crippen LogP contribution in [0.4, 0.5) is 5.69 Å². The summed E-state index contributed by atoms with van der Waals surface area (Å²) in [5.41, 5.74) is 1.12. The molecule has 0 saturated heterocycles. The Balaban J connectivity index is 1.76. The molecule has 0 bridgehead atoms. The lowest BCUT2D eigenvalue weighted by Gasteiger charge is -2.18. The summed E-state index contributed by atoms with van der Waals surface area (Å²) in [4.78, 5) is 0. The summed E-state index contributed by atoms with van der Waals surface area (Å²) in [6, 6.07) is 10.3. The van der Waals surface area contributed by atoms with E-state index < -0.39 is 0 Å². The number of hydrogen-bond acceptors (Lipinski definition) is 2. The first-order valence-corrected chi connectivity index (χ1v) is 11.4. The molecule has 1 aromatic rings. The molecule has 1 aromatic carbocycles. The van der Waals surface area contributed by atoms with Crippen LogP contribution < -0.4 is 10.9 Å². The fourth-order valence-electron chi connectivity index (χ4n) is 3.58. The van der Waals surface area contributed by atoms with E-state index in [1.165, 1.54) is 103 Å². The lowest BCUT2D eigenvalue weighted by atomic mass is 10.0. The first-order valence-electron chi connectivity index (χ1n) is 11.4. The molecule has 0 fully saturated rings. The van der Waals surface area contributed by atoms with Gasteiger partial charge in [-0.25, -0.2) is 5.84 Å². The lowest BCUT2D eigenvalue weighted by molar-refractivity contribution is 0.529. The van der Waals surface area contributed by atoms with E-state index in [0.717, 1.165) is 12.2 Å². The van der Waals surface area contributed by atoms with Crippen LogP contribution in [0.1, 0.15) is 110 Å². The van der Waals surface area contributed by atoms with E-state index in [1.54, 1.807) is 0 Å². The number of para-hydroxylation sites is 1. The Hall–Kier alpha value is -1.02. The van der Waals surface area contributed by atoms with Crippen LogP contribution in [0.5, 0.6) is 0 Å². The summed E-state index contributed by atoms with van der Waals surface area (Å²) in [6.07, 6.45) is 22.6. The fourth-order valence-corrected chi connectivity index (χ4v) is 3.58. The predicted molar refractivity (Wildman–Crippen MR) is 118 cm³/mol. The Morgan fingerprint density at radius 1 is 0.577 bits per heavy atom. The fraction of sp³-hybridized carbons (Fsp3) is 0.750. The zero-order valence-electron chi connectivity index (χ0n) is 17.4. The second-order valence-electron chi connectivity index (χ2n) is 7.83. The zero-order chi connectivity index (χ0) is 18.7. The van der Waals surface area contributed by atoms with Crippen molar-refractivity contribution in [1.29, 1.82) is 0 Å². The van der Waals surface area contributed by atoms with Crippen LogP contribution >= 0.6 is 0 Å².